The maximum atomic E-state index is 12.7. The largest absolute Gasteiger partial charge is 0.311 e. The van der Waals surface area contributed by atoms with Crippen molar-refractivity contribution < 1.29 is 9.18 Å². The van der Waals surface area contributed by atoms with Crippen LogP contribution in [0.1, 0.15) is 6.42 Å². The zero-order valence-corrected chi connectivity index (χ0v) is 12.9. The molecule has 0 saturated heterocycles. The fraction of sp³-hybridized carbons (Fsp3) is 0.143. The molecule has 20 heavy (non-hydrogen) atoms. The normalized spacial score (nSPS) is 10.3. The number of carbonyl (C=O) groups excluding carboxylic acids is 1. The first kappa shape index (κ1) is 15.0. The average molecular weight is 355 g/mol. The SMILES string of the molecule is O=C(CCSc1ccc(Br)cc1)Nc1ccc(F)cn1. The Balaban J connectivity index is 1.75. The van der Waals surface area contributed by atoms with Crippen molar-refractivity contribution in [1.29, 1.82) is 0 Å². The highest BCUT2D eigenvalue weighted by molar-refractivity contribution is 9.10. The predicted molar refractivity (Wildman–Crippen MR) is 82.3 cm³/mol. The molecule has 0 fully saturated rings. The van der Waals surface area contributed by atoms with Gasteiger partial charge in [0.15, 0.2) is 0 Å². The third-order valence-electron chi connectivity index (χ3n) is 2.41. The summed E-state index contributed by atoms with van der Waals surface area (Å²) in [7, 11) is 0. The lowest BCUT2D eigenvalue weighted by Crippen LogP contribution is -2.13. The molecule has 0 aliphatic rings. The van der Waals surface area contributed by atoms with E-state index in [2.05, 4.69) is 26.2 Å². The summed E-state index contributed by atoms with van der Waals surface area (Å²) in [6, 6.07) is 10.6. The number of hydrogen-bond donors (Lipinski definition) is 1. The second-order valence-electron chi connectivity index (χ2n) is 3.96. The lowest BCUT2D eigenvalue weighted by molar-refractivity contribution is -0.115. The van der Waals surface area contributed by atoms with Gasteiger partial charge in [-0.05, 0) is 36.4 Å². The zero-order valence-electron chi connectivity index (χ0n) is 10.5. The number of carbonyl (C=O) groups is 1. The van der Waals surface area contributed by atoms with E-state index in [0.717, 1.165) is 15.6 Å². The summed E-state index contributed by atoms with van der Waals surface area (Å²) in [5.74, 6) is 0.488. The van der Waals surface area contributed by atoms with E-state index in [0.29, 0.717) is 18.0 Å². The highest BCUT2D eigenvalue weighted by Gasteiger charge is 2.04. The van der Waals surface area contributed by atoms with E-state index in [1.165, 1.54) is 12.1 Å². The van der Waals surface area contributed by atoms with Gasteiger partial charge >= 0.3 is 0 Å². The van der Waals surface area contributed by atoms with Gasteiger partial charge in [-0.15, -0.1) is 11.8 Å². The first-order valence-electron chi connectivity index (χ1n) is 5.93. The van der Waals surface area contributed by atoms with Gasteiger partial charge in [0.1, 0.15) is 11.6 Å². The summed E-state index contributed by atoms with van der Waals surface area (Å²) >= 11 is 4.98. The zero-order chi connectivity index (χ0) is 14.4. The van der Waals surface area contributed by atoms with Gasteiger partial charge in [0.25, 0.3) is 0 Å². The van der Waals surface area contributed by atoms with Gasteiger partial charge in [-0.3, -0.25) is 4.79 Å². The third-order valence-corrected chi connectivity index (χ3v) is 3.95. The van der Waals surface area contributed by atoms with E-state index in [-0.39, 0.29) is 5.91 Å². The minimum atomic E-state index is -0.422. The van der Waals surface area contributed by atoms with Crippen LogP contribution in [0.25, 0.3) is 0 Å². The molecule has 2 rings (SSSR count). The standard InChI is InChI=1S/C14H12BrFN2OS/c15-10-1-4-12(5-2-10)20-8-7-14(19)18-13-6-3-11(16)9-17-13/h1-6,9H,7-8H2,(H,17,18,19). The summed E-state index contributed by atoms with van der Waals surface area (Å²) in [4.78, 5) is 16.6. The van der Waals surface area contributed by atoms with Crippen LogP contribution in [0.3, 0.4) is 0 Å². The topological polar surface area (TPSA) is 42.0 Å². The summed E-state index contributed by atoms with van der Waals surface area (Å²) < 4.78 is 13.7. The molecular formula is C14H12BrFN2OS. The molecule has 1 aromatic carbocycles. The molecule has 0 aliphatic carbocycles. The molecule has 1 aromatic heterocycles. The number of benzene rings is 1. The quantitative estimate of drug-likeness (QED) is 0.821. The van der Waals surface area contributed by atoms with E-state index < -0.39 is 5.82 Å². The van der Waals surface area contributed by atoms with Gasteiger partial charge in [0, 0.05) is 21.5 Å². The molecule has 104 valence electrons. The first-order valence-corrected chi connectivity index (χ1v) is 7.71. The van der Waals surface area contributed by atoms with Crippen LogP contribution in [0, 0.1) is 5.82 Å². The Hall–Kier alpha value is -1.40. The number of rotatable bonds is 5. The summed E-state index contributed by atoms with van der Waals surface area (Å²) in [6.45, 7) is 0. The van der Waals surface area contributed by atoms with Crippen molar-refractivity contribution in [2.45, 2.75) is 11.3 Å². The number of nitrogens with zero attached hydrogens (tertiary/aromatic N) is 1. The Morgan fingerprint density at radius 2 is 2.00 bits per heavy atom. The monoisotopic (exact) mass is 354 g/mol. The molecule has 0 bridgehead atoms. The highest BCUT2D eigenvalue weighted by Crippen LogP contribution is 2.21. The van der Waals surface area contributed by atoms with Crippen molar-refractivity contribution in [1.82, 2.24) is 4.98 Å². The second-order valence-corrected chi connectivity index (χ2v) is 6.05. The van der Waals surface area contributed by atoms with Gasteiger partial charge in [-0.1, -0.05) is 15.9 Å². The molecule has 3 nitrogen and oxygen atoms in total. The van der Waals surface area contributed by atoms with E-state index in [1.54, 1.807) is 11.8 Å². The molecule has 0 spiro atoms. The third kappa shape index (κ3) is 4.94. The van der Waals surface area contributed by atoms with Gasteiger partial charge in [-0.25, -0.2) is 9.37 Å². The van der Waals surface area contributed by atoms with Gasteiger partial charge in [-0.2, -0.15) is 0 Å². The molecule has 0 aliphatic heterocycles. The number of thioether (sulfide) groups is 1. The Morgan fingerprint density at radius 3 is 2.65 bits per heavy atom. The molecule has 6 heteroatoms. The van der Waals surface area contributed by atoms with Crippen LogP contribution in [0.2, 0.25) is 0 Å². The smallest absolute Gasteiger partial charge is 0.226 e. The van der Waals surface area contributed by atoms with Crippen molar-refractivity contribution >= 4 is 39.4 Å². The van der Waals surface area contributed by atoms with Crippen LogP contribution in [0.15, 0.2) is 52.0 Å². The predicted octanol–water partition coefficient (Wildman–Crippen LogP) is 4.10. The van der Waals surface area contributed by atoms with E-state index in [1.807, 2.05) is 24.3 Å². The molecule has 0 atom stereocenters. The lowest BCUT2D eigenvalue weighted by Gasteiger charge is -2.04. The summed E-state index contributed by atoms with van der Waals surface area (Å²) in [5, 5.41) is 2.63. The maximum Gasteiger partial charge on any atom is 0.226 e. The summed E-state index contributed by atoms with van der Waals surface area (Å²) in [6.07, 6.45) is 1.45. The number of pyridine rings is 1. The van der Waals surface area contributed by atoms with Crippen LogP contribution in [0.5, 0.6) is 0 Å². The Labute approximate surface area is 129 Å². The Morgan fingerprint density at radius 1 is 1.25 bits per heavy atom. The van der Waals surface area contributed by atoms with Crippen molar-refractivity contribution in [3.05, 3.63) is 52.9 Å². The van der Waals surface area contributed by atoms with Gasteiger partial charge in [0.05, 0.1) is 6.20 Å². The fourth-order valence-electron chi connectivity index (χ4n) is 1.45. The molecular weight excluding hydrogens is 343 g/mol. The second kappa shape index (κ2) is 7.40. The molecule has 1 heterocycles. The van der Waals surface area contributed by atoms with Crippen LogP contribution in [0.4, 0.5) is 10.2 Å². The van der Waals surface area contributed by atoms with Crippen molar-refractivity contribution in [2.24, 2.45) is 0 Å². The number of anilines is 1. The molecule has 1 amide bonds. The maximum absolute atomic E-state index is 12.7. The lowest BCUT2D eigenvalue weighted by atomic mass is 10.4. The highest BCUT2D eigenvalue weighted by atomic mass is 79.9. The molecule has 0 unspecified atom stereocenters. The number of nitrogens with one attached hydrogen (secondary N) is 1. The fourth-order valence-corrected chi connectivity index (χ4v) is 2.56. The number of amides is 1. The van der Waals surface area contributed by atoms with Crippen LogP contribution in [-0.4, -0.2) is 16.6 Å². The molecule has 1 N–H and O–H groups in total. The van der Waals surface area contributed by atoms with Crippen molar-refractivity contribution in [3.63, 3.8) is 0 Å². The van der Waals surface area contributed by atoms with E-state index in [4.69, 9.17) is 0 Å². The number of hydrogen-bond acceptors (Lipinski definition) is 3. The van der Waals surface area contributed by atoms with Gasteiger partial charge in [0.2, 0.25) is 5.91 Å². The van der Waals surface area contributed by atoms with Crippen LogP contribution >= 0.6 is 27.7 Å². The minimum absolute atomic E-state index is 0.131. The number of aromatic nitrogens is 1. The van der Waals surface area contributed by atoms with E-state index >= 15 is 0 Å². The average Bonchev–Trinajstić information content (AvgIpc) is 2.44. The van der Waals surface area contributed by atoms with Crippen LogP contribution < -0.4 is 5.32 Å². The van der Waals surface area contributed by atoms with Crippen molar-refractivity contribution in [3.8, 4) is 0 Å². The summed E-state index contributed by atoms with van der Waals surface area (Å²) in [5.41, 5.74) is 0. The molecule has 0 radical (unpaired) electrons. The Kier molecular flexibility index (Phi) is 5.55. The van der Waals surface area contributed by atoms with Gasteiger partial charge < -0.3 is 5.32 Å². The Bertz CT molecular complexity index is 575. The van der Waals surface area contributed by atoms with Crippen LogP contribution in [-0.2, 0) is 4.79 Å². The first-order chi connectivity index (χ1) is 9.63. The number of halogens is 2. The molecule has 2 aromatic rings. The molecule has 0 saturated carbocycles. The minimum Gasteiger partial charge on any atom is -0.311 e. The van der Waals surface area contributed by atoms with E-state index in [9.17, 15) is 9.18 Å². The van der Waals surface area contributed by atoms with Crippen molar-refractivity contribution in [2.75, 3.05) is 11.1 Å².